The van der Waals surface area contributed by atoms with E-state index in [-0.39, 0.29) is 29.8 Å². The Hall–Kier alpha value is -3.25. The number of hydrogen-bond donors (Lipinski definition) is 2. The number of halogens is 1. The van der Waals surface area contributed by atoms with E-state index < -0.39 is 4.92 Å². The summed E-state index contributed by atoms with van der Waals surface area (Å²) in [5, 5.41) is 25.4. The van der Waals surface area contributed by atoms with Crippen LogP contribution in [-0.4, -0.2) is 37.3 Å². The van der Waals surface area contributed by atoms with Crippen molar-refractivity contribution in [2.24, 2.45) is 0 Å². The van der Waals surface area contributed by atoms with Crippen LogP contribution in [0.2, 0.25) is 0 Å². The third kappa shape index (κ3) is 6.17. The molecule has 172 valence electrons. The van der Waals surface area contributed by atoms with Gasteiger partial charge in [-0.2, -0.15) is 0 Å². The van der Waals surface area contributed by atoms with E-state index in [9.17, 15) is 19.7 Å². The first-order valence-electron chi connectivity index (χ1n) is 9.92. The highest BCUT2D eigenvalue weighted by atomic mass is 79.9. The van der Waals surface area contributed by atoms with Crippen LogP contribution in [-0.2, 0) is 17.9 Å². The Balaban J connectivity index is 1.59. The average Bonchev–Trinajstić information content (AvgIpc) is 3.19. The summed E-state index contributed by atoms with van der Waals surface area (Å²) in [7, 11) is 0. The van der Waals surface area contributed by atoms with E-state index in [4.69, 9.17) is 0 Å². The van der Waals surface area contributed by atoms with Crippen molar-refractivity contribution >= 4 is 50.9 Å². The summed E-state index contributed by atoms with van der Waals surface area (Å²) in [6.07, 6.45) is 0. The second-order valence-corrected chi connectivity index (χ2v) is 8.70. The Kier molecular flexibility index (Phi) is 8.17. The number of aromatic nitrogens is 3. The molecular formula is C21H21BrN6O4S. The van der Waals surface area contributed by atoms with Crippen LogP contribution in [0, 0.1) is 17.0 Å². The predicted molar refractivity (Wildman–Crippen MR) is 128 cm³/mol. The Labute approximate surface area is 202 Å². The molecule has 3 aromatic rings. The molecule has 10 nitrogen and oxygen atoms in total. The molecule has 0 aliphatic carbocycles. The first-order valence-corrected chi connectivity index (χ1v) is 11.7. The number of hydrogen-bond acceptors (Lipinski definition) is 7. The number of nitro groups is 1. The molecule has 1 aromatic heterocycles. The standard InChI is InChI=1S/C21H21BrN6O4S/c1-3-27-18(11-23-20(30)15-6-4-5-7-16(15)22)25-26-21(27)33-12-19(29)24-14-9-8-13(2)17(10-14)28(31)32/h4-10H,3,11-12H2,1-2H3,(H,23,30)(H,24,29). The van der Waals surface area contributed by atoms with Gasteiger partial charge in [-0.25, -0.2) is 0 Å². The molecule has 0 aliphatic heterocycles. The van der Waals surface area contributed by atoms with Crippen LogP contribution >= 0.6 is 27.7 Å². The van der Waals surface area contributed by atoms with Gasteiger partial charge in [-0.3, -0.25) is 19.7 Å². The smallest absolute Gasteiger partial charge is 0.274 e. The van der Waals surface area contributed by atoms with Gasteiger partial charge in [-0.1, -0.05) is 30.0 Å². The zero-order valence-electron chi connectivity index (χ0n) is 17.9. The molecule has 0 spiro atoms. The third-order valence-electron chi connectivity index (χ3n) is 4.66. The molecule has 2 N–H and O–H groups in total. The largest absolute Gasteiger partial charge is 0.345 e. The number of thioether (sulfide) groups is 1. The van der Waals surface area contributed by atoms with Crippen LogP contribution in [0.15, 0.2) is 52.1 Å². The molecule has 0 saturated heterocycles. The van der Waals surface area contributed by atoms with E-state index in [0.29, 0.717) is 38.8 Å². The summed E-state index contributed by atoms with van der Waals surface area (Å²) in [5.74, 6) is 0.0415. The first kappa shape index (κ1) is 24.4. The highest BCUT2D eigenvalue weighted by molar-refractivity contribution is 9.10. The molecule has 0 fully saturated rings. The molecule has 1 heterocycles. The van der Waals surface area contributed by atoms with Gasteiger partial charge in [0.05, 0.1) is 22.8 Å². The van der Waals surface area contributed by atoms with Gasteiger partial charge in [0.15, 0.2) is 11.0 Å². The van der Waals surface area contributed by atoms with E-state index in [1.807, 2.05) is 17.6 Å². The van der Waals surface area contributed by atoms with Gasteiger partial charge >= 0.3 is 0 Å². The molecular weight excluding hydrogens is 512 g/mol. The minimum absolute atomic E-state index is 0.0448. The van der Waals surface area contributed by atoms with Crippen LogP contribution in [0.5, 0.6) is 0 Å². The van der Waals surface area contributed by atoms with Crippen molar-refractivity contribution in [3.63, 3.8) is 0 Å². The van der Waals surface area contributed by atoms with Crippen LogP contribution < -0.4 is 10.6 Å². The first-order chi connectivity index (χ1) is 15.8. The molecule has 2 aromatic carbocycles. The maximum absolute atomic E-state index is 12.4. The maximum Gasteiger partial charge on any atom is 0.274 e. The topological polar surface area (TPSA) is 132 Å². The number of rotatable bonds is 9. The lowest BCUT2D eigenvalue weighted by atomic mass is 10.2. The number of nitrogens with zero attached hydrogens (tertiary/aromatic N) is 4. The molecule has 33 heavy (non-hydrogen) atoms. The van der Waals surface area contributed by atoms with E-state index in [0.717, 1.165) is 0 Å². The fourth-order valence-electron chi connectivity index (χ4n) is 2.99. The monoisotopic (exact) mass is 532 g/mol. The molecule has 0 radical (unpaired) electrons. The highest BCUT2D eigenvalue weighted by Crippen LogP contribution is 2.23. The van der Waals surface area contributed by atoms with Crippen molar-refractivity contribution in [2.45, 2.75) is 32.1 Å². The SMILES string of the molecule is CCn1c(CNC(=O)c2ccccc2Br)nnc1SCC(=O)Nc1ccc(C)c([N+](=O)[O-])c1. The Morgan fingerprint density at radius 1 is 1.21 bits per heavy atom. The van der Waals surface area contributed by atoms with E-state index in [1.54, 1.807) is 37.3 Å². The summed E-state index contributed by atoms with van der Waals surface area (Å²) >= 11 is 4.55. The number of nitrogens with one attached hydrogen (secondary N) is 2. The summed E-state index contributed by atoms with van der Waals surface area (Å²) in [6, 6.07) is 11.6. The van der Waals surface area contributed by atoms with Gasteiger partial charge in [0.25, 0.3) is 11.6 Å². The van der Waals surface area contributed by atoms with E-state index in [2.05, 4.69) is 36.8 Å². The average molecular weight is 533 g/mol. The van der Waals surface area contributed by atoms with Gasteiger partial charge in [0.2, 0.25) is 5.91 Å². The number of amides is 2. The lowest BCUT2D eigenvalue weighted by molar-refractivity contribution is -0.385. The minimum Gasteiger partial charge on any atom is -0.345 e. The molecule has 12 heteroatoms. The minimum atomic E-state index is -0.486. The fraction of sp³-hybridized carbons (Fsp3) is 0.238. The molecule has 0 atom stereocenters. The van der Waals surface area contributed by atoms with Crippen molar-refractivity contribution in [3.05, 3.63) is 74.0 Å². The van der Waals surface area contributed by atoms with Crippen LogP contribution in [0.3, 0.4) is 0 Å². The molecule has 2 amide bonds. The van der Waals surface area contributed by atoms with Crippen molar-refractivity contribution in [2.75, 3.05) is 11.1 Å². The fourth-order valence-corrected chi connectivity index (χ4v) is 4.27. The summed E-state index contributed by atoms with van der Waals surface area (Å²) in [6.45, 7) is 4.29. The van der Waals surface area contributed by atoms with Crippen LogP contribution in [0.1, 0.15) is 28.7 Å². The number of aryl methyl sites for hydroxylation is 1. The van der Waals surface area contributed by atoms with Gasteiger partial charge in [-0.05, 0) is 48.0 Å². The van der Waals surface area contributed by atoms with Crippen molar-refractivity contribution in [1.29, 1.82) is 0 Å². The number of anilines is 1. The van der Waals surface area contributed by atoms with Crippen molar-refractivity contribution < 1.29 is 14.5 Å². The van der Waals surface area contributed by atoms with Crippen molar-refractivity contribution in [3.8, 4) is 0 Å². The van der Waals surface area contributed by atoms with Crippen molar-refractivity contribution in [1.82, 2.24) is 20.1 Å². The summed E-state index contributed by atoms with van der Waals surface area (Å²) in [4.78, 5) is 35.4. The lowest BCUT2D eigenvalue weighted by Gasteiger charge is -2.09. The number of carbonyl (C=O) groups excluding carboxylic acids is 2. The summed E-state index contributed by atoms with van der Waals surface area (Å²) < 4.78 is 2.51. The summed E-state index contributed by atoms with van der Waals surface area (Å²) in [5.41, 5.74) is 1.33. The number of nitro benzene ring substituents is 1. The van der Waals surface area contributed by atoms with Gasteiger partial charge in [0, 0.05) is 28.3 Å². The quantitative estimate of drug-likeness (QED) is 0.242. The van der Waals surface area contributed by atoms with Crippen LogP contribution in [0.25, 0.3) is 0 Å². The lowest BCUT2D eigenvalue weighted by Crippen LogP contribution is -2.25. The number of carbonyl (C=O) groups is 2. The zero-order valence-corrected chi connectivity index (χ0v) is 20.3. The van der Waals surface area contributed by atoms with Gasteiger partial charge in [-0.15, -0.1) is 10.2 Å². The van der Waals surface area contributed by atoms with Gasteiger partial charge < -0.3 is 15.2 Å². The molecule has 0 bridgehead atoms. The molecule has 0 unspecified atom stereocenters. The predicted octanol–water partition coefficient (Wildman–Crippen LogP) is 3.94. The van der Waals surface area contributed by atoms with Crippen LogP contribution in [0.4, 0.5) is 11.4 Å². The maximum atomic E-state index is 12.4. The normalized spacial score (nSPS) is 10.6. The molecule has 3 rings (SSSR count). The Morgan fingerprint density at radius 3 is 2.67 bits per heavy atom. The van der Waals surface area contributed by atoms with E-state index in [1.165, 1.54) is 17.8 Å². The zero-order chi connectivity index (χ0) is 24.0. The highest BCUT2D eigenvalue weighted by Gasteiger charge is 2.16. The number of benzene rings is 2. The second kappa shape index (κ2) is 11.1. The second-order valence-electron chi connectivity index (χ2n) is 6.90. The Morgan fingerprint density at radius 2 is 1.97 bits per heavy atom. The molecule has 0 aliphatic rings. The third-order valence-corrected chi connectivity index (χ3v) is 6.32. The Bertz CT molecular complexity index is 1200. The molecule has 0 saturated carbocycles. The van der Waals surface area contributed by atoms with Gasteiger partial charge in [0.1, 0.15) is 0 Å². The van der Waals surface area contributed by atoms with E-state index >= 15 is 0 Å².